The highest BCUT2D eigenvalue weighted by Gasteiger charge is 2.38. The predicted octanol–water partition coefficient (Wildman–Crippen LogP) is 2.09. The van der Waals surface area contributed by atoms with Crippen molar-refractivity contribution in [3.63, 3.8) is 0 Å². The fraction of sp³-hybridized carbons (Fsp3) is 0.500. The molecule has 0 saturated carbocycles. The highest BCUT2D eigenvalue weighted by Crippen LogP contribution is 2.31. The van der Waals surface area contributed by atoms with E-state index in [1.54, 1.807) is 11.8 Å². The number of carboxylic acid groups (broad SMARTS) is 1. The van der Waals surface area contributed by atoms with Gasteiger partial charge in [0.2, 0.25) is 5.91 Å². The summed E-state index contributed by atoms with van der Waals surface area (Å²) in [6.45, 7) is 2.51. The molecule has 6 heteroatoms. The Morgan fingerprint density at radius 3 is 2.55 bits per heavy atom. The molecule has 1 amide bonds. The Balaban J connectivity index is 2.02. The van der Waals surface area contributed by atoms with Crippen LogP contribution in [-0.2, 0) is 16.0 Å². The van der Waals surface area contributed by atoms with Gasteiger partial charge in [-0.2, -0.15) is 0 Å². The maximum Gasteiger partial charge on any atom is 0.309 e. The van der Waals surface area contributed by atoms with Gasteiger partial charge in [-0.25, -0.2) is 4.39 Å². The number of methoxy groups -OCH3 is 1. The summed E-state index contributed by atoms with van der Waals surface area (Å²) >= 11 is 0. The van der Waals surface area contributed by atoms with Crippen LogP contribution in [0.4, 0.5) is 4.39 Å². The summed E-state index contributed by atoms with van der Waals surface area (Å²) in [6, 6.07) is 4.07. The summed E-state index contributed by atoms with van der Waals surface area (Å²) in [5.74, 6) is -0.912. The molecule has 2 rings (SSSR count). The highest BCUT2D eigenvalue weighted by molar-refractivity contribution is 5.80. The van der Waals surface area contributed by atoms with Crippen molar-refractivity contribution in [1.29, 1.82) is 0 Å². The van der Waals surface area contributed by atoms with E-state index in [2.05, 4.69) is 0 Å². The van der Waals surface area contributed by atoms with Gasteiger partial charge in [-0.3, -0.25) is 9.59 Å². The van der Waals surface area contributed by atoms with E-state index in [-0.39, 0.29) is 12.3 Å². The zero-order valence-corrected chi connectivity index (χ0v) is 12.8. The van der Waals surface area contributed by atoms with Crippen LogP contribution >= 0.6 is 0 Å². The van der Waals surface area contributed by atoms with Gasteiger partial charge in [0.15, 0.2) is 0 Å². The van der Waals surface area contributed by atoms with Crippen molar-refractivity contribution in [3.05, 3.63) is 29.6 Å². The van der Waals surface area contributed by atoms with Crippen LogP contribution in [0.3, 0.4) is 0 Å². The quantitative estimate of drug-likeness (QED) is 0.925. The zero-order chi connectivity index (χ0) is 16.3. The average molecular weight is 309 g/mol. The molecule has 0 aliphatic carbocycles. The van der Waals surface area contributed by atoms with Gasteiger partial charge in [0.05, 0.1) is 18.9 Å². The van der Waals surface area contributed by atoms with E-state index in [0.29, 0.717) is 37.2 Å². The largest absolute Gasteiger partial charge is 0.496 e. The van der Waals surface area contributed by atoms with Crippen molar-refractivity contribution >= 4 is 11.9 Å². The lowest BCUT2D eigenvalue weighted by Gasteiger charge is -2.36. The third kappa shape index (κ3) is 3.37. The summed E-state index contributed by atoms with van der Waals surface area (Å²) in [5.41, 5.74) is -0.271. The first-order valence-corrected chi connectivity index (χ1v) is 7.19. The van der Waals surface area contributed by atoms with Crippen LogP contribution in [0, 0.1) is 11.2 Å². The predicted molar refractivity (Wildman–Crippen MR) is 78.2 cm³/mol. The second kappa shape index (κ2) is 6.34. The molecule has 1 heterocycles. The number of aliphatic carboxylic acids is 1. The summed E-state index contributed by atoms with van der Waals surface area (Å²) in [7, 11) is 1.47. The average Bonchev–Trinajstić information content (AvgIpc) is 2.48. The van der Waals surface area contributed by atoms with Gasteiger partial charge in [0, 0.05) is 18.7 Å². The Labute approximate surface area is 128 Å². The lowest BCUT2D eigenvalue weighted by Crippen LogP contribution is -2.45. The molecule has 1 N–H and O–H groups in total. The zero-order valence-electron chi connectivity index (χ0n) is 12.8. The number of hydrogen-bond donors (Lipinski definition) is 1. The van der Waals surface area contributed by atoms with E-state index >= 15 is 0 Å². The minimum Gasteiger partial charge on any atom is -0.496 e. The number of nitrogens with zero attached hydrogens (tertiary/aromatic N) is 1. The number of hydrogen-bond acceptors (Lipinski definition) is 3. The van der Waals surface area contributed by atoms with Gasteiger partial charge in [-0.05, 0) is 38.0 Å². The Bertz CT molecular complexity index is 580. The van der Waals surface area contributed by atoms with E-state index in [4.69, 9.17) is 4.74 Å². The first-order valence-electron chi connectivity index (χ1n) is 7.19. The molecule has 0 radical (unpaired) electrons. The number of ether oxygens (including phenoxy) is 1. The number of carbonyl (C=O) groups excluding carboxylic acids is 1. The number of likely N-dealkylation sites (tertiary alicyclic amines) is 1. The molecule has 0 aromatic heterocycles. The topological polar surface area (TPSA) is 66.8 Å². The summed E-state index contributed by atoms with van der Waals surface area (Å²) in [5, 5.41) is 9.19. The standard InChI is InChI=1S/C16H20FNO4/c1-16(15(20)21)5-7-18(8-6-16)14(19)10-11-9-12(17)3-4-13(11)22-2/h3-4,9H,5-8,10H2,1-2H3,(H,20,21). The van der Waals surface area contributed by atoms with E-state index < -0.39 is 17.2 Å². The monoisotopic (exact) mass is 309 g/mol. The van der Waals surface area contributed by atoms with Crippen molar-refractivity contribution in [3.8, 4) is 5.75 Å². The second-order valence-corrected chi connectivity index (χ2v) is 5.88. The van der Waals surface area contributed by atoms with Crippen molar-refractivity contribution in [2.75, 3.05) is 20.2 Å². The van der Waals surface area contributed by atoms with Crippen LogP contribution in [0.15, 0.2) is 18.2 Å². The van der Waals surface area contributed by atoms with Gasteiger partial charge >= 0.3 is 5.97 Å². The molecule has 1 aliphatic heterocycles. The lowest BCUT2D eigenvalue weighted by atomic mass is 9.80. The molecule has 0 atom stereocenters. The van der Waals surface area contributed by atoms with Gasteiger partial charge in [-0.15, -0.1) is 0 Å². The molecular weight excluding hydrogens is 289 g/mol. The minimum atomic E-state index is -0.827. The van der Waals surface area contributed by atoms with Crippen molar-refractivity contribution in [2.24, 2.45) is 5.41 Å². The number of rotatable bonds is 4. The molecule has 1 aliphatic rings. The molecule has 0 unspecified atom stereocenters. The fourth-order valence-corrected chi connectivity index (χ4v) is 2.62. The normalized spacial score (nSPS) is 17.1. The fourth-order valence-electron chi connectivity index (χ4n) is 2.62. The summed E-state index contributed by atoms with van der Waals surface area (Å²) < 4.78 is 18.5. The molecule has 1 aromatic carbocycles. The Morgan fingerprint density at radius 1 is 1.36 bits per heavy atom. The number of carboxylic acids is 1. The first kappa shape index (κ1) is 16.3. The van der Waals surface area contributed by atoms with E-state index in [1.165, 1.54) is 25.3 Å². The van der Waals surface area contributed by atoms with Crippen molar-refractivity contribution in [2.45, 2.75) is 26.2 Å². The summed E-state index contributed by atoms with van der Waals surface area (Å²) in [4.78, 5) is 25.2. The number of amides is 1. The number of benzene rings is 1. The van der Waals surface area contributed by atoms with Gasteiger partial charge in [0.1, 0.15) is 11.6 Å². The maximum absolute atomic E-state index is 13.3. The lowest BCUT2D eigenvalue weighted by molar-refractivity contribution is -0.152. The van der Waals surface area contributed by atoms with Crippen LogP contribution in [0.1, 0.15) is 25.3 Å². The van der Waals surface area contributed by atoms with Crippen LogP contribution in [0.5, 0.6) is 5.75 Å². The first-order chi connectivity index (χ1) is 10.4. The SMILES string of the molecule is COc1ccc(F)cc1CC(=O)N1CCC(C)(C(=O)O)CC1. The minimum absolute atomic E-state index is 0.0463. The molecule has 0 spiro atoms. The molecule has 1 fully saturated rings. The van der Waals surface area contributed by atoms with Gasteiger partial charge < -0.3 is 14.7 Å². The Morgan fingerprint density at radius 2 is 2.00 bits per heavy atom. The summed E-state index contributed by atoms with van der Waals surface area (Å²) in [6.07, 6.45) is 0.896. The molecule has 0 bridgehead atoms. The maximum atomic E-state index is 13.3. The van der Waals surface area contributed by atoms with E-state index in [1.807, 2.05) is 0 Å². The number of halogens is 1. The van der Waals surface area contributed by atoms with Crippen molar-refractivity contribution in [1.82, 2.24) is 4.90 Å². The molecule has 1 aromatic rings. The highest BCUT2D eigenvalue weighted by atomic mass is 19.1. The molecular formula is C16H20FNO4. The van der Waals surface area contributed by atoms with Crippen LogP contribution < -0.4 is 4.74 Å². The van der Waals surface area contributed by atoms with Gasteiger partial charge in [0.25, 0.3) is 0 Å². The number of piperidine rings is 1. The molecule has 5 nitrogen and oxygen atoms in total. The molecule has 22 heavy (non-hydrogen) atoms. The molecule has 1 saturated heterocycles. The Hall–Kier alpha value is -2.11. The third-order valence-corrected chi connectivity index (χ3v) is 4.32. The number of carbonyl (C=O) groups is 2. The Kier molecular flexibility index (Phi) is 4.68. The van der Waals surface area contributed by atoms with Crippen LogP contribution in [0.2, 0.25) is 0 Å². The van der Waals surface area contributed by atoms with Gasteiger partial charge in [-0.1, -0.05) is 0 Å². The third-order valence-electron chi connectivity index (χ3n) is 4.32. The van der Waals surface area contributed by atoms with E-state index in [0.717, 1.165) is 0 Å². The van der Waals surface area contributed by atoms with Crippen molar-refractivity contribution < 1.29 is 23.8 Å². The smallest absolute Gasteiger partial charge is 0.309 e. The second-order valence-electron chi connectivity index (χ2n) is 5.88. The molecule has 120 valence electrons. The van der Waals surface area contributed by atoms with E-state index in [9.17, 15) is 19.1 Å². The van der Waals surface area contributed by atoms with Crippen LogP contribution in [-0.4, -0.2) is 42.1 Å². The van der Waals surface area contributed by atoms with Crippen LogP contribution in [0.25, 0.3) is 0 Å².